The summed E-state index contributed by atoms with van der Waals surface area (Å²) in [6.45, 7) is 10.9. The van der Waals surface area contributed by atoms with E-state index >= 15 is 0 Å². The summed E-state index contributed by atoms with van der Waals surface area (Å²) in [6, 6.07) is 13.0. The van der Waals surface area contributed by atoms with Crippen LogP contribution in [0.2, 0.25) is 0 Å². The first-order valence-electron chi connectivity index (χ1n) is 14.1. The Bertz CT molecular complexity index is 1480. The number of likely N-dealkylation sites (N-methyl/N-ethyl adjacent to an activating group) is 2. The highest BCUT2D eigenvalue weighted by Gasteiger charge is 2.40. The van der Waals surface area contributed by atoms with E-state index in [4.69, 9.17) is 0 Å². The van der Waals surface area contributed by atoms with Gasteiger partial charge in [-0.2, -0.15) is 0 Å². The number of amides is 3. The highest BCUT2D eigenvalue weighted by Crippen LogP contribution is 2.28. The second-order valence-corrected chi connectivity index (χ2v) is 13.9. The molecule has 3 amide bonds. The van der Waals surface area contributed by atoms with Crippen LogP contribution in [0.25, 0.3) is 0 Å². The molecule has 1 unspecified atom stereocenters. The fraction of sp³-hybridized carbons (Fsp3) is 0.438. The lowest BCUT2D eigenvalue weighted by Gasteiger charge is -2.38. The molecule has 0 radical (unpaired) electrons. The van der Waals surface area contributed by atoms with Gasteiger partial charge in [-0.05, 0) is 49.2 Å². The van der Waals surface area contributed by atoms with E-state index in [1.54, 1.807) is 7.05 Å². The van der Waals surface area contributed by atoms with Crippen molar-refractivity contribution < 1.29 is 32.3 Å². The van der Waals surface area contributed by atoms with Gasteiger partial charge in [-0.1, -0.05) is 71.0 Å². The van der Waals surface area contributed by atoms with E-state index < -0.39 is 44.8 Å². The Labute approximate surface area is 260 Å². The molecule has 0 saturated heterocycles. The van der Waals surface area contributed by atoms with Gasteiger partial charge in [0.2, 0.25) is 11.8 Å². The molecular formula is C32H44N4O7S. The van der Waals surface area contributed by atoms with Crippen molar-refractivity contribution in [1.82, 2.24) is 20.3 Å². The Hall–Kier alpha value is -4.03. The standard InChI is InChI=1S/C32H44N4O7S/c1-21(27(37)35-44(41,42)24-17-15-22(16-18-24)30(40)43-9)19-20-36(8)29(39)26(31(2,3)4)34-28(38)25(33-7)32(5,6)23-13-11-10-12-14-23/h10-19,25-26,33H,20H2,1-9H3,(H,34,38)(H,35,37)/b21-19+/t25-,26?/m1/s1. The van der Waals surface area contributed by atoms with Crippen LogP contribution >= 0.6 is 0 Å². The van der Waals surface area contributed by atoms with Crippen LogP contribution in [0.15, 0.2) is 71.1 Å². The molecule has 2 aromatic carbocycles. The van der Waals surface area contributed by atoms with Crippen LogP contribution < -0.4 is 15.4 Å². The Morgan fingerprint density at radius 1 is 0.932 bits per heavy atom. The van der Waals surface area contributed by atoms with Gasteiger partial charge in [0.25, 0.3) is 15.9 Å². The second-order valence-electron chi connectivity index (χ2n) is 12.2. The molecule has 3 N–H and O–H groups in total. The molecule has 44 heavy (non-hydrogen) atoms. The second kappa shape index (κ2) is 14.6. The summed E-state index contributed by atoms with van der Waals surface area (Å²) in [7, 11) is 0.223. The van der Waals surface area contributed by atoms with Crippen molar-refractivity contribution in [2.75, 3.05) is 27.7 Å². The van der Waals surface area contributed by atoms with Crippen molar-refractivity contribution in [3.63, 3.8) is 0 Å². The third-order valence-corrected chi connectivity index (χ3v) is 8.76. The lowest BCUT2D eigenvalue weighted by Crippen LogP contribution is -2.60. The lowest BCUT2D eigenvalue weighted by molar-refractivity contribution is -0.139. The number of hydrogen-bond acceptors (Lipinski definition) is 8. The third-order valence-electron chi connectivity index (χ3n) is 7.41. The van der Waals surface area contributed by atoms with Crippen LogP contribution in [0.5, 0.6) is 0 Å². The van der Waals surface area contributed by atoms with Gasteiger partial charge in [-0.15, -0.1) is 0 Å². The first-order chi connectivity index (χ1) is 20.4. The number of benzene rings is 2. The molecule has 240 valence electrons. The number of ether oxygens (including phenoxy) is 1. The number of hydrogen-bond donors (Lipinski definition) is 3. The van der Waals surface area contributed by atoms with E-state index in [0.29, 0.717) is 0 Å². The number of methoxy groups -OCH3 is 1. The number of carbonyl (C=O) groups excluding carboxylic acids is 4. The van der Waals surface area contributed by atoms with E-state index in [9.17, 15) is 27.6 Å². The van der Waals surface area contributed by atoms with E-state index in [-0.39, 0.29) is 34.4 Å². The Morgan fingerprint density at radius 2 is 1.50 bits per heavy atom. The minimum Gasteiger partial charge on any atom is -0.465 e. The zero-order chi connectivity index (χ0) is 33.5. The summed E-state index contributed by atoms with van der Waals surface area (Å²) >= 11 is 0. The van der Waals surface area contributed by atoms with Gasteiger partial charge in [0, 0.05) is 24.6 Å². The highest BCUT2D eigenvalue weighted by atomic mass is 32.2. The maximum atomic E-state index is 13.6. The van der Waals surface area contributed by atoms with Crippen molar-refractivity contribution in [2.24, 2.45) is 5.41 Å². The van der Waals surface area contributed by atoms with Gasteiger partial charge >= 0.3 is 5.97 Å². The van der Waals surface area contributed by atoms with E-state index in [1.807, 2.05) is 69.7 Å². The largest absolute Gasteiger partial charge is 0.465 e. The first kappa shape index (κ1) is 36.2. The van der Waals surface area contributed by atoms with Crippen molar-refractivity contribution >= 4 is 33.7 Å². The smallest absolute Gasteiger partial charge is 0.337 e. The molecule has 12 heteroatoms. The average Bonchev–Trinajstić information content (AvgIpc) is 2.97. The monoisotopic (exact) mass is 628 g/mol. The molecule has 0 heterocycles. The number of esters is 1. The van der Waals surface area contributed by atoms with Crippen LogP contribution in [0.1, 0.15) is 57.5 Å². The van der Waals surface area contributed by atoms with Gasteiger partial charge in [0.1, 0.15) is 6.04 Å². The molecule has 0 aliphatic heterocycles. The summed E-state index contributed by atoms with van der Waals surface area (Å²) in [6.07, 6.45) is 1.43. The molecule has 0 aromatic heterocycles. The fourth-order valence-corrected chi connectivity index (χ4v) is 5.57. The molecule has 0 aliphatic rings. The molecular weight excluding hydrogens is 584 g/mol. The quantitative estimate of drug-likeness (QED) is 0.240. The zero-order valence-electron chi connectivity index (χ0n) is 26.8. The fourth-order valence-electron chi connectivity index (χ4n) is 4.55. The number of nitrogens with one attached hydrogen (secondary N) is 3. The van der Waals surface area contributed by atoms with Crippen LogP contribution in [0, 0.1) is 5.41 Å². The van der Waals surface area contributed by atoms with Crippen molar-refractivity contribution in [3.8, 4) is 0 Å². The van der Waals surface area contributed by atoms with Crippen molar-refractivity contribution in [3.05, 3.63) is 77.4 Å². The van der Waals surface area contributed by atoms with Gasteiger partial charge in [-0.3, -0.25) is 14.4 Å². The van der Waals surface area contributed by atoms with Gasteiger partial charge in [0.15, 0.2) is 0 Å². The summed E-state index contributed by atoms with van der Waals surface area (Å²) < 4.78 is 32.0. The normalized spacial score (nSPS) is 13.8. The summed E-state index contributed by atoms with van der Waals surface area (Å²) in [5.41, 5.74) is -0.0502. The summed E-state index contributed by atoms with van der Waals surface area (Å²) in [4.78, 5) is 52.6. The molecule has 11 nitrogen and oxygen atoms in total. The summed E-state index contributed by atoms with van der Waals surface area (Å²) in [5, 5.41) is 6.04. The predicted molar refractivity (Wildman–Crippen MR) is 168 cm³/mol. The molecule has 0 fully saturated rings. The maximum Gasteiger partial charge on any atom is 0.337 e. The highest BCUT2D eigenvalue weighted by molar-refractivity contribution is 7.90. The number of carbonyl (C=O) groups is 4. The predicted octanol–water partition coefficient (Wildman–Crippen LogP) is 2.78. The third kappa shape index (κ3) is 8.99. The zero-order valence-corrected chi connectivity index (χ0v) is 27.7. The van der Waals surface area contributed by atoms with Crippen LogP contribution in [-0.2, 0) is 34.6 Å². The number of rotatable bonds is 12. The van der Waals surface area contributed by atoms with Crippen LogP contribution in [-0.4, -0.2) is 76.8 Å². The Balaban J connectivity index is 2.15. The van der Waals surface area contributed by atoms with Gasteiger partial charge in [0.05, 0.1) is 23.6 Å². The van der Waals surface area contributed by atoms with E-state index in [0.717, 1.165) is 5.56 Å². The molecule has 0 aliphatic carbocycles. The number of sulfonamides is 1. The molecule has 2 aromatic rings. The molecule has 2 rings (SSSR count). The SMILES string of the molecule is CN[C@H](C(=O)NC(C(=O)N(C)C/C=C(\C)C(=O)NS(=O)(=O)c1ccc(C(=O)OC)cc1)C(C)(C)C)C(C)(C)c1ccccc1. The minimum absolute atomic E-state index is 0.0145. The lowest BCUT2D eigenvalue weighted by atomic mass is 9.76. The molecule has 2 atom stereocenters. The first-order valence-corrected chi connectivity index (χ1v) is 15.6. The van der Waals surface area contributed by atoms with Crippen LogP contribution in [0.3, 0.4) is 0 Å². The topological polar surface area (TPSA) is 151 Å². The molecule has 0 bridgehead atoms. The van der Waals surface area contributed by atoms with E-state index in [2.05, 4.69) is 15.4 Å². The van der Waals surface area contributed by atoms with Gasteiger partial charge in [-0.25, -0.2) is 17.9 Å². The minimum atomic E-state index is -4.22. The van der Waals surface area contributed by atoms with Crippen molar-refractivity contribution in [1.29, 1.82) is 0 Å². The maximum absolute atomic E-state index is 13.6. The Kier molecular flexibility index (Phi) is 12.0. The van der Waals surface area contributed by atoms with Crippen LogP contribution in [0.4, 0.5) is 0 Å². The summed E-state index contributed by atoms with van der Waals surface area (Å²) in [5.74, 6) is -2.20. The van der Waals surface area contributed by atoms with E-state index in [1.165, 1.54) is 56.3 Å². The van der Waals surface area contributed by atoms with Gasteiger partial charge < -0.3 is 20.3 Å². The Morgan fingerprint density at radius 3 is 2.00 bits per heavy atom. The average molecular weight is 629 g/mol. The van der Waals surface area contributed by atoms with Crippen molar-refractivity contribution in [2.45, 2.75) is 63.9 Å². The number of nitrogens with zero attached hydrogens (tertiary/aromatic N) is 1. The molecule has 0 spiro atoms. The molecule has 0 saturated carbocycles.